The zero-order valence-electron chi connectivity index (χ0n) is 10.4. The van der Waals surface area contributed by atoms with E-state index >= 15 is 0 Å². The molecular weight excluding hydrogens is 246 g/mol. The first-order valence-corrected chi connectivity index (χ1v) is 6.01. The molecule has 2 aromatic heterocycles. The smallest absolute Gasteiger partial charge is 0.276 e. The van der Waals surface area contributed by atoms with Crippen LogP contribution in [0.1, 0.15) is 16.2 Å². The number of aryl methyl sites for hydroxylation is 1. The highest BCUT2D eigenvalue weighted by Gasteiger charge is 2.34. The number of likely N-dealkylation sites (tertiary alicyclic amines) is 1. The SMILES string of the molecule is Cc1cc(C(=O)N2CC(Oc3ccncc3)C2)no1. The summed E-state index contributed by atoms with van der Waals surface area (Å²) in [5.74, 6) is 1.28. The molecule has 1 aliphatic heterocycles. The maximum Gasteiger partial charge on any atom is 0.276 e. The van der Waals surface area contributed by atoms with Crippen LogP contribution in [-0.2, 0) is 0 Å². The molecule has 1 aliphatic rings. The Kier molecular flexibility index (Phi) is 2.91. The Labute approximate surface area is 110 Å². The lowest BCUT2D eigenvalue weighted by molar-refractivity contribution is 0.0170. The molecule has 0 radical (unpaired) electrons. The van der Waals surface area contributed by atoms with Gasteiger partial charge in [0, 0.05) is 18.5 Å². The van der Waals surface area contributed by atoms with Crippen LogP contribution in [0.5, 0.6) is 5.75 Å². The van der Waals surface area contributed by atoms with Crippen molar-refractivity contribution in [2.45, 2.75) is 13.0 Å². The van der Waals surface area contributed by atoms with Crippen molar-refractivity contribution in [2.75, 3.05) is 13.1 Å². The second kappa shape index (κ2) is 4.72. The average molecular weight is 259 g/mol. The first kappa shape index (κ1) is 11.7. The molecule has 0 aliphatic carbocycles. The summed E-state index contributed by atoms with van der Waals surface area (Å²) < 4.78 is 10.6. The monoisotopic (exact) mass is 259 g/mol. The van der Waals surface area contributed by atoms with Crippen LogP contribution in [0.25, 0.3) is 0 Å². The fourth-order valence-electron chi connectivity index (χ4n) is 1.92. The molecule has 0 N–H and O–H groups in total. The zero-order valence-corrected chi connectivity index (χ0v) is 10.4. The predicted octanol–water partition coefficient (Wildman–Crippen LogP) is 1.28. The summed E-state index contributed by atoms with van der Waals surface area (Å²) in [6, 6.07) is 5.23. The van der Waals surface area contributed by atoms with Crippen LogP contribution in [-0.4, -0.2) is 40.1 Å². The van der Waals surface area contributed by atoms with Gasteiger partial charge in [0.15, 0.2) is 5.69 Å². The maximum absolute atomic E-state index is 12.0. The van der Waals surface area contributed by atoms with E-state index in [0.29, 0.717) is 24.5 Å². The van der Waals surface area contributed by atoms with Gasteiger partial charge in [-0.3, -0.25) is 9.78 Å². The van der Waals surface area contributed by atoms with Crippen LogP contribution in [0.3, 0.4) is 0 Å². The lowest BCUT2D eigenvalue weighted by Gasteiger charge is -2.38. The van der Waals surface area contributed by atoms with Crippen LogP contribution >= 0.6 is 0 Å². The van der Waals surface area contributed by atoms with Crippen molar-refractivity contribution < 1.29 is 14.1 Å². The van der Waals surface area contributed by atoms with Crippen molar-refractivity contribution in [3.8, 4) is 5.75 Å². The van der Waals surface area contributed by atoms with E-state index in [-0.39, 0.29) is 12.0 Å². The number of ether oxygens (including phenoxy) is 1. The number of nitrogens with zero attached hydrogens (tertiary/aromatic N) is 3. The highest BCUT2D eigenvalue weighted by molar-refractivity contribution is 5.92. The third-order valence-electron chi connectivity index (χ3n) is 2.93. The minimum absolute atomic E-state index is 0.0272. The zero-order chi connectivity index (χ0) is 13.2. The molecule has 0 aromatic carbocycles. The quantitative estimate of drug-likeness (QED) is 0.830. The predicted molar refractivity (Wildman–Crippen MR) is 65.8 cm³/mol. The fraction of sp³-hybridized carbons (Fsp3) is 0.308. The molecule has 98 valence electrons. The molecule has 0 unspecified atom stereocenters. The first-order chi connectivity index (χ1) is 9.22. The van der Waals surface area contributed by atoms with Crippen molar-refractivity contribution in [2.24, 2.45) is 0 Å². The van der Waals surface area contributed by atoms with E-state index in [4.69, 9.17) is 9.26 Å². The maximum atomic E-state index is 12.0. The topological polar surface area (TPSA) is 68.5 Å². The molecule has 1 amide bonds. The first-order valence-electron chi connectivity index (χ1n) is 6.01. The lowest BCUT2D eigenvalue weighted by atomic mass is 10.1. The number of carbonyl (C=O) groups is 1. The van der Waals surface area contributed by atoms with Crippen LogP contribution < -0.4 is 4.74 Å². The summed E-state index contributed by atoms with van der Waals surface area (Å²) in [5.41, 5.74) is 0.347. The van der Waals surface area contributed by atoms with E-state index in [9.17, 15) is 4.79 Å². The number of rotatable bonds is 3. The van der Waals surface area contributed by atoms with Crippen LogP contribution in [0.2, 0.25) is 0 Å². The largest absolute Gasteiger partial charge is 0.487 e. The highest BCUT2D eigenvalue weighted by atomic mass is 16.5. The van der Waals surface area contributed by atoms with Gasteiger partial charge >= 0.3 is 0 Å². The summed E-state index contributed by atoms with van der Waals surface area (Å²) in [6.07, 6.45) is 3.38. The van der Waals surface area contributed by atoms with E-state index in [1.807, 2.05) is 0 Å². The van der Waals surface area contributed by atoms with Gasteiger partial charge in [-0.05, 0) is 19.1 Å². The molecule has 0 saturated carbocycles. The number of hydrogen-bond donors (Lipinski definition) is 0. The number of amides is 1. The summed E-state index contributed by atoms with van der Waals surface area (Å²) in [6.45, 7) is 2.88. The van der Waals surface area contributed by atoms with Crippen molar-refractivity contribution >= 4 is 5.91 Å². The molecule has 0 spiro atoms. The Bertz CT molecular complexity index is 576. The molecule has 3 rings (SSSR count). The Morgan fingerprint density at radius 1 is 1.42 bits per heavy atom. The molecule has 19 heavy (non-hydrogen) atoms. The minimum atomic E-state index is -0.119. The molecule has 1 saturated heterocycles. The lowest BCUT2D eigenvalue weighted by Crippen LogP contribution is -2.56. The second-order valence-corrected chi connectivity index (χ2v) is 4.46. The Morgan fingerprint density at radius 2 is 2.16 bits per heavy atom. The van der Waals surface area contributed by atoms with Crippen molar-refractivity contribution in [1.82, 2.24) is 15.0 Å². The van der Waals surface area contributed by atoms with Gasteiger partial charge in [-0.2, -0.15) is 0 Å². The van der Waals surface area contributed by atoms with E-state index in [1.165, 1.54) is 0 Å². The molecule has 3 heterocycles. The molecule has 0 atom stereocenters. The number of pyridine rings is 1. The van der Waals surface area contributed by atoms with Crippen LogP contribution in [0.15, 0.2) is 35.1 Å². The van der Waals surface area contributed by atoms with Crippen molar-refractivity contribution in [1.29, 1.82) is 0 Å². The van der Waals surface area contributed by atoms with E-state index in [0.717, 1.165) is 5.75 Å². The van der Waals surface area contributed by atoms with Crippen molar-refractivity contribution in [3.63, 3.8) is 0 Å². The van der Waals surface area contributed by atoms with Gasteiger partial charge in [-0.25, -0.2) is 0 Å². The van der Waals surface area contributed by atoms with Gasteiger partial charge in [0.2, 0.25) is 0 Å². The van der Waals surface area contributed by atoms with E-state index in [1.54, 1.807) is 42.4 Å². The van der Waals surface area contributed by atoms with E-state index < -0.39 is 0 Å². The normalized spacial score (nSPS) is 15.1. The van der Waals surface area contributed by atoms with Gasteiger partial charge in [-0.15, -0.1) is 0 Å². The summed E-state index contributed by atoms with van der Waals surface area (Å²) >= 11 is 0. The van der Waals surface area contributed by atoms with Crippen LogP contribution in [0.4, 0.5) is 0 Å². The average Bonchev–Trinajstić information content (AvgIpc) is 2.80. The van der Waals surface area contributed by atoms with Crippen molar-refractivity contribution in [3.05, 3.63) is 42.0 Å². The summed E-state index contributed by atoms with van der Waals surface area (Å²) in [5, 5.41) is 3.71. The molecular formula is C13H13N3O3. The standard InChI is InChI=1S/C13H13N3O3/c1-9-6-12(15-19-9)13(17)16-7-11(8-16)18-10-2-4-14-5-3-10/h2-6,11H,7-8H2,1H3. The minimum Gasteiger partial charge on any atom is -0.487 e. The van der Waals surface area contributed by atoms with Gasteiger partial charge < -0.3 is 14.2 Å². The molecule has 1 fully saturated rings. The van der Waals surface area contributed by atoms with Gasteiger partial charge in [0.25, 0.3) is 5.91 Å². The highest BCUT2D eigenvalue weighted by Crippen LogP contribution is 2.19. The Balaban J connectivity index is 1.54. The second-order valence-electron chi connectivity index (χ2n) is 4.46. The molecule has 2 aromatic rings. The molecule has 6 nitrogen and oxygen atoms in total. The summed E-state index contributed by atoms with van der Waals surface area (Å²) in [7, 11) is 0. The Morgan fingerprint density at radius 3 is 2.79 bits per heavy atom. The number of aromatic nitrogens is 2. The third kappa shape index (κ3) is 2.42. The fourth-order valence-corrected chi connectivity index (χ4v) is 1.92. The third-order valence-corrected chi connectivity index (χ3v) is 2.93. The van der Waals surface area contributed by atoms with Gasteiger partial charge in [0.05, 0.1) is 13.1 Å². The van der Waals surface area contributed by atoms with Gasteiger partial charge in [0.1, 0.15) is 17.6 Å². The van der Waals surface area contributed by atoms with E-state index in [2.05, 4.69) is 10.1 Å². The molecule has 6 heteroatoms. The number of hydrogen-bond acceptors (Lipinski definition) is 5. The number of carbonyl (C=O) groups excluding carboxylic acids is 1. The Hall–Kier alpha value is -2.37. The summed E-state index contributed by atoms with van der Waals surface area (Å²) in [4.78, 5) is 17.6. The molecule has 0 bridgehead atoms. The van der Waals surface area contributed by atoms with Crippen LogP contribution in [0, 0.1) is 6.92 Å². The van der Waals surface area contributed by atoms with Gasteiger partial charge in [-0.1, -0.05) is 5.16 Å².